The Morgan fingerprint density at radius 1 is 1.22 bits per heavy atom. The summed E-state index contributed by atoms with van der Waals surface area (Å²) in [6, 6.07) is 6.32. The quantitative estimate of drug-likeness (QED) is 0.766. The highest BCUT2D eigenvalue weighted by Crippen LogP contribution is 2.19. The van der Waals surface area contributed by atoms with E-state index in [9.17, 15) is 0 Å². The number of piperazine rings is 1. The third-order valence-corrected chi connectivity index (χ3v) is 4.07. The number of nitrogens with zero attached hydrogens (tertiary/aromatic N) is 2. The molecule has 18 heavy (non-hydrogen) atoms. The Hall–Kier alpha value is -0.330. The molecule has 1 aliphatic heterocycles. The summed E-state index contributed by atoms with van der Waals surface area (Å²) in [5, 5.41) is 0. The molecule has 1 fully saturated rings. The Bertz CT molecular complexity index is 389. The highest BCUT2D eigenvalue weighted by Gasteiger charge is 2.13. The van der Waals surface area contributed by atoms with Gasteiger partial charge in [-0.15, -0.1) is 0 Å². The maximum atomic E-state index is 5.86. The van der Waals surface area contributed by atoms with Crippen LogP contribution in [0.15, 0.2) is 18.2 Å². The first-order valence-corrected chi connectivity index (χ1v) is 7.53. The lowest BCUT2D eigenvalue weighted by Gasteiger charge is -2.32. The summed E-state index contributed by atoms with van der Waals surface area (Å²) < 4.78 is 7.12. The lowest BCUT2D eigenvalue weighted by atomic mass is 10.2. The van der Waals surface area contributed by atoms with Crippen molar-refractivity contribution in [1.29, 1.82) is 0 Å². The third kappa shape index (κ3) is 4.10. The standard InChI is InChI=1S/C14H21IN2O/c1-12-11-13(15)3-4-14(12)18-10-9-17-7-5-16(2)6-8-17/h3-4,11H,5-10H2,1-2H3. The first-order valence-electron chi connectivity index (χ1n) is 6.45. The van der Waals surface area contributed by atoms with Crippen molar-refractivity contribution in [3.05, 3.63) is 27.3 Å². The predicted molar refractivity (Wildman–Crippen MR) is 83.3 cm³/mol. The molecule has 4 heteroatoms. The average molecular weight is 360 g/mol. The fourth-order valence-electron chi connectivity index (χ4n) is 2.13. The van der Waals surface area contributed by atoms with Crippen molar-refractivity contribution in [2.24, 2.45) is 0 Å². The van der Waals surface area contributed by atoms with Gasteiger partial charge in [-0.05, 0) is 60.3 Å². The minimum atomic E-state index is 0.783. The van der Waals surface area contributed by atoms with Gasteiger partial charge < -0.3 is 9.64 Å². The summed E-state index contributed by atoms with van der Waals surface area (Å²) in [5.74, 6) is 1.02. The van der Waals surface area contributed by atoms with E-state index in [0.29, 0.717) is 0 Å². The topological polar surface area (TPSA) is 15.7 Å². The molecule has 0 aromatic heterocycles. The van der Waals surface area contributed by atoms with Crippen LogP contribution in [0.4, 0.5) is 0 Å². The molecule has 1 aliphatic rings. The summed E-state index contributed by atoms with van der Waals surface area (Å²) in [7, 11) is 2.18. The molecule has 0 radical (unpaired) electrons. The molecule has 0 amide bonds. The number of rotatable bonds is 4. The molecule has 0 bridgehead atoms. The van der Waals surface area contributed by atoms with Crippen LogP contribution in [0.1, 0.15) is 5.56 Å². The van der Waals surface area contributed by atoms with E-state index >= 15 is 0 Å². The summed E-state index contributed by atoms with van der Waals surface area (Å²) >= 11 is 2.33. The highest BCUT2D eigenvalue weighted by molar-refractivity contribution is 14.1. The van der Waals surface area contributed by atoms with Crippen molar-refractivity contribution in [2.45, 2.75) is 6.92 Å². The Balaban J connectivity index is 1.75. The summed E-state index contributed by atoms with van der Waals surface area (Å²) in [6.45, 7) is 8.57. The van der Waals surface area contributed by atoms with Crippen molar-refractivity contribution in [3.63, 3.8) is 0 Å². The van der Waals surface area contributed by atoms with Crippen molar-refractivity contribution in [3.8, 4) is 5.75 Å². The Kier molecular flexibility index (Phi) is 5.26. The molecule has 1 saturated heterocycles. The zero-order valence-electron chi connectivity index (χ0n) is 11.2. The molecule has 2 rings (SSSR count). The highest BCUT2D eigenvalue weighted by atomic mass is 127. The second-order valence-corrected chi connectivity index (χ2v) is 6.15. The fraction of sp³-hybridized carbons (Fsp3) is 0.571. The lowest BCUT2D eigenvalue weighted by Crippen LogP contribution is -2.45. The number of aryl methyl sites for hydroxylation is 1. The van der Waals surface area contributed by atoms with Gasteiger partial charge in [-0.3, -0.25) is 4.90 Å². The monoisotopic (exact) mass is 360 g/mol. The summed E-state index contributed by atoms with van der Waals surface area (Å²) in [4.78, 5) is 4.85. The van der Waals surface area contributed by atoms with Crippen molar-refractivity contribution in [2.75, 3.05) is 46.4 Å². The molecule has 0 atom stereocenters. The molecular weight excluding hydrogens is 339 g/mol. The number of hydrogen-bond acceptors (Lipinski definition) is 3. The molecule has 0 saturated carbocycles. The van der Waals surface area contributed by atoms with Gasteiger partial charge in [0.25, 0.3) is 0 Å². The Labute approximate surface area is 123 Å². The van der Waals surface area contributed by atoms with Crippen LogP contribution in [-0.4, -0.2) is 56.2 Å². The normalized spacial score (nSPS) is 17.9. The molecule has 0 aliphatic carbocycles. The maximum Gasteiger partial charge on any atom is 0.122 e. The van der Waals surface area contributed by atoms with Crippen LogP contribution in [0.25, 0.3) is 0 Å². The van der Waals surface area contributed by atoms with Gasteiger partial charge in [0, 0.05) is 36.3 Å². The van der Waals surface area contributed by atoms with Gasteiger partial charge in [0.2, 0.25) is 0 Å². The zero-order valence-corrected chi connectivity index (χ0v) is 13.3. The number of ether oxygens (including phenoxy) is 1. The van der Waals surface area contributed by atoms with E-state index in [-0.39, 0.29) is 0 Å². The number of benzene rings is 1. The van der Waals surface area contributed by atoms with Crippen LogP contribution in [0.3, 0.4) is 0 Å². The summed E-state index contributed by atoms with van der Waals surface area (Å²) in [6.07, 6.45) is 0. The van der Waals surface area contributed by atoms with Gasteiger partial charge in [0.1, 0.15) is 12.4 Å². The largest absolute Gasteiger partial charge is 0.492 e. The van der Waals surface area contributed by atoms with Crippen molar-refractivity contribution in [1.82, 2.24) is 9.80 Å². The summed E-state index contributed by atoms with van der Waals surface area (Å²) in [5.41, 5.74) is 1.22. The third-order valence-electron chi connectivity index (χ3n) is 3.40. The van der Waals surface area contributed by atoms with Gasteiger partial charge in [-0.25, -0.2) is 0 Å². The van der Waals surface area contributed by atoms with E-state index in [4.69, 9.17) is 4.74 Å². The van der Waals surface area contributed by atoms with E-state index in [1.54, 1.807) is 0 Å². The molecule has 100 valence electrons. The van der Waals surface area contributed by atoms with Crippen LogP contribution < -0.4 is 4.74 Å². The van der Waals surface area contributed by atoms with Crippen LogP contribution >= 0.6 is 22.6 Å². The Morgan fingerprint density at radius 2 is 1.94 bits per heavy atom. The molecule has 1 aromatic rings. The van der Waals surface area contributed by atoms with Crippen LogP contribution in [0.2, 0.25) is 0 Å². The van der Waals surface area contributed by atoms with Gasteiger partial charge in [-0.1, -0.05) is 0 Å². The molecule has 3 nitrogen and oxygen atoms in total. The lowest BCUT2D eigenvalue weighted by molar-refractivity contribution is 0.133. The van der Waals surface area contributed by atoms with E-state index in [1.165, 1.54) is 22.2 Å². The van der Waals surface area contributed by atoms with E-state index in [2.05, 4.69) is 64.6 Å². The minimum Gasteiger partial charge on any atom is -0.492 e. The second-order valence-electron chi connectivity index (χ2n) is 4.90. The second kappa shape index (κ2) is 6.73. The maximum absolute atomic E-state index is 5.86. The van der Waals surface area contributed by atoms with Crippen molar-refractivity contribution < 1.29 is 4.74 Å². The Morgan fingerprint density at radius 3 is 2.61 bits per heavy atom. The van der Waals surface area contributed by atoms with Gasteiger partial charge in [0.05, 0.1) is 0 Å². The van der Waals surface area contributed by atoms with Gasteiger partial charge in [0.15, 0.2) is 0 Å². The molecule has 0 spiro atoms. The van der Waals surface area contributed by atoms with E-state index < -0.39 is 0 Å². The number of likely N-dealkylation sites (N-methyl/N-ethyl adjacent to an activating group) is 1. The molecule has 1 heterocycles. The van der Waals surface area contributed by atoms with E-state index in [1.807, 2.05) is 0 Å². The predicted octanol–water partition coefficient (Wildman–Crippen LogP) is 2.23. The van der Waals surface area contributed by atoms with Gasteiger partial charge >= 0.3 is 0 Å². The van der Waals surface area contributed by atoms with Crippen molar-refractivity contribution >= 4 is 22.6 Å². The van der Waals surface area contributed by atoms with E-state index in [0.717, 1.165) is 32.0 Å². The SMILES string of the molecule is Cc1cc(I)ccc1OCCN1CCN(C)CC1. The minimum absolute atomic E-state index is 0.783. The van der Waals surface area contributed by atoms with Crippen LogP contribution in [0, 0.1) is 10.5 Å². The molecule has 0 N–H and O–H groups in total. The van der Waals surface area contributed by atoms with Gasteiger partial charge in [-0.2, -0.15) is 0 Å². The van der Waals surface area contributed by atoms with Crippen LogP contribution in [0.5, 0.6) is 5.75 Å². The molecular formula is C14H21IN2O. The first-order chi connectivity index (χ1) is 8.65. The number of hydrogen-bond donors (Lipinski definition) is 0. The molecule has 0 unspecified atom stereocenters. The van der Waals surface area contributed by atoms with Crippen LogP contribution in [-0.2, 0) is 0 Å². The smallest absolute Gasteiger partial charge is 0.122 e. The molecule has 1 aromatic carbocycles. The zero-order chi connectivity index (χ0) is 13.0. The number of halogens is 1. The first kappa shape index (κ1) is 14.1. The fourth-order valence-corrected chi connectivity index (χ4v) is 2.78. The average Bonchev–Trinajstić information content (AvgIpc) is 2.34.